The summed E-state index contributed by atoms with van der Waals surface area (Å²) in [7, 11) is 0. The minimum Gasteiger partial charge on any atom is -0.508 e. The van der Waals surface area contributed by atoms with E-state index in [0.717, 1.165) is 12.1 Å². The Labute approximate surface area is 140 Å². The van der Waals surface area contributed by atoms with E-state index in [2.05, 4.69) is 5.10 Å². The number of phenols is 1. The number of hydrogen-bond donors (Lipinski definition) is 1. The molecular formula is C16H12ClF3N2O2. The lowest BCUT2D eigenvalue weighted by Crippen LogP contribution is -2.14. The summed E-state index contributed by atoms with van der Waals surface area (Å²) in [5.74, 6) is 0.308. The van der Waals surface area contributed by atoms with Gasteiger partial charge in [0.2, 0.25) is 5.90 Å². The van der Waals surface area contributed by atoms with Crippen molar-refractivity contribution in [2.24, 2.45) is 5.10 Å². The van der Waals surface area contributed by atoms with Crippen LogP contribution in [0.2, 0.25) is 5.02 Å². The SMILES string of the molecule is Oc1ccc(Cl)cc1CN1COC(c2ccc(C(F)(F)F)cc2)=N1. The lowest BCUT2D eigenvalue weighted by molar-refractivity contribution is -0.137. The Balaban J connectivity index is 1.75. The van der Waals surface area contributed by atoms with Gasteiger partial charge in [-0.25, -0.2) is 0 Å². The van der Waals surface area contributed by atoms with Gasteiger partial charge in [0.1, 0.15) is 5.75 Å². The smallest absolute Gasteiger partial charge is 0.416 e. The molecule has 3 rings (SSSR count). The molecule has 1 aliphatic rings. The summed E-state index contributed by atoms with van der Waals surface area (Å²) >= 11 is 5.89. The van der Waals surface area contributed by atoms with Crippen molar-refractivity contribution in [1.82, 2.24) is 5.01 Å². The molecular weight excluding hydrogens is 345 g/mol. The number of benzene rings is 2. The molecule has 0 aromatic heterocycles. The van der Waals surface area contributed by atoms with Crippen LogP contribution in [0.1, 0.15) is 16.7 Å². The maximum atomic E-state index is 12.6. The Morgan fingerprint density at radius 3 is 2.54 bits per heavy atom. The van der Waals surface area contributed by atoms with E-state index in [1.807, 2.05) is 0 Å². The van der Waals surface area contributed by atoms with Gasteiger partial charge in [-0.2, -0.15) is 13.2 Å². The van der Waals surface area contributed by atoms with Crippen molar-refractivity contribution >= 4 is 17.5 Å². The number of nitrogens with zero attached hydrogens (tertiary/aromatic N) is 2. The normalized spacial score (nSPS) is 14.5. The van der Waals surface area contributed by atoms with Gasteiger partial charge in [-0.1, -0.05) is 11.6 Å². The van der Waals surface area contributed by atoms with Crippen molar-refractivity contribution in [3.8, 4) is 5.75 Å². The molecule has 0 radical (unpaired) electrons. The zero-order valence-corrected chi connectivity index (χ0v) is 13.0. The number of aromatic hydroxyl groups is 1. The van der Waals surface area contributed by atoms with Crippen LogP contribution in [-0.4, -0.2) is 22.7 Å². The van der Waals surface area contributed by atoms with Crippen LogP contribution in [0.25, 0.3) is 0 Å². The zero-order chi connectivity index (χ0) is 17.3. The van der Waals surface area contributed by atoms with Crippen LogP contribution in [0, 0.1) is 0 Å². The second-order valence-electron chi connectivity index (χ2n) is 5.19. The van der Waals surface area contributed by atoms with Crippen LogP contribution in [0.4, 0.5) is 13.2 Å². The summed E-state index contributed by atoms with van der Waals surface area (Å²) in [6, 6.07) is 9.23. The van der Waals surface area contributed by atoms with Gasteiger partial charge in [0.15, 0.2) is 6.73 Å². The van der Waals surface area contributed by atoms with Gasteiger partial charge in [-0.05, 0) is 42.5 Å². The van der Waals surface area contributed by atoms with Crippen LogP contribution in [0.15, 0.2) is 47.6 Å². The molecule has 1 heterocycles. The molecule has 0 aliphatic carbocycles. The molecule has 2 aromatic carbocycles. The number of alkyl halides is 3. The molecule has 0 spiro atoms. The largest absolute Gasteiger partial charge is 0.508 e. The predicted octanol–water partition coefficient (Wildman–Crippen LogP) is 4.22. The van der Waals surface area contributed by atoms with Crippen molar-refractivity contribution in [3.63, 3.8) is 0 Å². The highest BCUT2D eigenvalue weighted by Gasteiger charge is 2.30. The highest BCUT2D eigenvalue weighted by atomic mass is 35.5. The second kappa shape index (κ2) is 6.24. The Kier molecular flexibility index (Phi) is 4.28. The van der Waals surface area contributed by atoms with E-state index in [9.17, 15) is 18.3 Å². The van der Waals surface area contributed by atoms with Crippen LogP contribution in [0.5, 0.6) is 5.75 Å². The van der Waals surface area contributed by atoms with Gasteiger partial charge in [0, 0.05) is 16.1 Å². The van der Waals surface area contributed by atoms with Gasteiger partial charge in [-0.15, -0.1) is 5.10 Å². The molecule has 1 aliphatic heterocycles. The summed E-state index contributed by atoms with van der Waals surface area (Å²) in [6.45, 7) is 0.388. The summed E-state index contributed by atoms with van der Waals surface area (Å²) in [6.07, 6.45) is -4.38. The maximum Gasteiger partial charge on any atom is 0.416 e. The monoisotopic (exact) mass is 356 g/mol. The maximum absolute atomic E-state index is 12.6. The lowest BCUT2D eigenvalue weighted by Gasteiger charge is -2.12. The second-order valence-corrected chi connectivity index (χ2v) is 5.63. The van der Waals surface area contributed by atoms with Crippen molar-refractivity contribution in [3.05, 3.63) is 64.2 Å². The van der Waals surface area contributed by atoms with E-state index in [0.29, 0.717) is 16.1 Å². The van der Waals surface area contributed by atoms with E-state index >= 15 is 0 Å². The number of phenolic OH excluding ortho intramolecular Hbond substituents is 1. The quantitative estimate of drug-likeness (QED) is 0.895. The third kappa shape index (κ3) is 3.56. The molecule has 0 bridgehead atoms. The lowest BCUT2D eigenvalue weighted by atomic mass is 10.1. The van der Waals surface area contributed by atoms with Crippen LogP contribution >= 0.6 is 11.6 Å². The molecule has 0 saturated heterocycles. The van der Waals surface area contributed by atoms with E-state index in [-0.39, 0.29) is 24.9 Å². The minimum atomic E-state index is -4.38. The van der Waals surface area contributed by atoms with Crippen LogP contribution in [-0.2, 0) is 17.5 Å². The van der Waals surface area contributed by atoms with Gasteiger partial charge in [-0.3, -0.25) is 5.01 Å². The molecule has 1 N–H and O–H groups in total. The fraction of sp³-hybridized carbons (Fsp3) is 0.188. The third-order valence-electron chi connectivity index (χ3n) is 3.44. The zero-order valence-electron chi connectivity index (χ0n) is 12.2. The molecule has 8 heteroatoms. The number of ether oxygens (including phenoxy) is 1. The van der Waals surface area contributed by atoms with E-state index in [4.69, 9.17) is 16.3 Å². The van der Waals surface area contributed by atoms with Gasteiger partial charge in [0.25, 0.3) is 0 Å². The minimum absolute atomic E-state index is 0.0811. The predicted molar refractivity (Wildman–Crippen MR) is 82.6 cm³/mol. The standard InChI is InChI=1S/C16H12ClF3N2O2/c17-13-5-6-14(23)11(7-13)8-22-9-24-15(21-22)10-1-3-12(4-2-10)16(18,19)20/h1-7,23H,8-9H2. The summed E-state index contributed by atoms with van der Waals surface area (Å²) in [5, 5.41) is 16.0. The summed E-state index contributed by atoms with van der Waals surface area (Å²) in [5.41, 5.74) is 0.287. The number of hydrazone groups is 1. The first-order valence-corrected chi connectivity index (χ1v) is 7.32. The van der Waals surface area contributed by atoms with E-state index < -0.39 is 11.7 Å². The first kappa shape index (κ1) is 16.4. The molecule has 0 unspecified atom stereocenters. The van der Waals surface area contributed by atoms with Crippen LogP contribution < -0.4 is 0 Å². The Morgan fingerprint density at radius 2 is 1.88 bits per heavy atom. The fourth-order valence-corrected chi connectivity index (χ4v) is 2.42. The highest BCUT2D eigenvalue weighted by molar-refractivity contribution is 6.30. The fourth-order valence-electron chi connectivity index (χ4n) is 2.22. The highest BCUT2D eigenvalue weighted by Crippen LogP contribution is 2.29. The Morgan fingerprint density at radius 1 is 1.17 bits per heavy atom. The first-order chi connectivity index (χ1) is 11.3. The molecule has 4 nitrogen and oxygen atoms in total. The van der Waals surface area contributed by atoms with Crippen molar-refractivity contribution in [1.29, 1.82) is 0 Å². The third-order valence-corrected chi connectivity index (χ3v) is 3.67. The molecule has 24 heavy (non-hydrogen) atoms. The van der Waals surface area contributed by atoms with Gasteiger partial charge < -0.3 is 9.84 Å². The summed E-state index contributed by atoms with van der Waals surface area (Å²) in [4.78, 5) is 0. The average Bonchev–Trinajstić information content (AvgIpc) is 2.99. The first-order valence-electron chi connectivity index (χ1n) is 6.94. The van der Waals surface area contributed by atoms with E-state index in [1.165, 1.54) is 18.2 Å². The van der Waals surface area contributed by atoms with Gasteiger partial charge >= 0.3 is 6.18 Å². The topological polar surface area (TPSA) is 45.1 Å². The number of halogens is 4. The molecule has 0 saturated carbocycles. The molecule has 0 fully saturated rings. The number of rotatable bonds is 3. The molecule has 2 aromatic rings. The molecule has 126 valence electrons. The summed E-state index contributed by atoms with van der Waals surface area (Å²) < 4.78 is 43.1. The van der Waals surface area contributed by atoms with Crippen molar-refractivity contribution in [2.45, 2.75) is 12.7 Å². The van der Waals surface area contributed by atoms with E-state index in [1.54, 1.807) is 17.1 Å². The van der Waals surface area contributed by atoms with Crippen molar-refractivity contribution in [2.75, 3.05) is 6.73 Å². The Hall–Kier alpha value is -2.41. The van der Waals surface area contributed by atoms with Gasteiger partial charge in [0.05, 0.1) is 12.1 Å². The average molecular weight is 357 g/mol. The van der Waals surface area contributed by atoms with Crippen molar-refractivity contribution < 1.29 is 23.0 Å². The number of hydrogen-bond acceptors (Lipinski definition) is 4. The molecule has 0 atom stereocenters. The van der Waals surface area contributed by atoms with Crippen LogP contribution in [0.3, 0.4) is 0 Å². The Bertz CT molecular complexity index is 776. The molecule has 0 amide bonds.